The van der Waals surface area contributed by atoms with Gasteiger partial charge in [0.05, 0.1) is 5.56 Å². The minimum Gasteiger partial charge on any atom is -0.478 e. The minimum atomic E-state index is -0.887. The van der Waals surface area contributed by atoms with E-state index in [0.717, 1.165) is 27.8 Å². The van der Waals surface area contributed by atoms with Gasteiger partial charge in [-0.1, -0.05) is 46.3 Å². The molecular weight excluding hydrogens is 304 g/mol. The van der Waals surface area contributed by atoms with Gasteiger partial charge in [0.25, 0.3) is 0 Å². The Balaban J connectivity index is 2.82. The lowest BCUT2D eigenvalue weighted by molar-refractivity contribution is 0.0697. The molecule has 0 aliphatic carbocycles. The van der Waals surface area contributed by atoms with Crippen LogP contribution in [0.25, 0.3) is 11.1 Å². The van der Waals surface area contributed by atoms with Crippen LogP contribution in [0.1, 0.15) is 27.0 Å². The van der Waals surface area contributed by atoms with Gasteiger partial charge in [0.1, 0.15) is 0 Å². The van der Waals surface area contributed by atoms with E-state index in [0.29, 0.717) is 10.9 Å². The summed E-state index contributed by atoms with van der Waals surface area (Å²) in [6.45, 7) is 3.96. The van der Waals surface area contributed by atoms with Crippen molar-refractivity contribution in [3.8, 4) is 11.1 Å². The molecule has 0 bridgehead atoms. The molecule has 0 aliphatic rings. The Kier molecular flexibility index (Phi) is 4.05. The predicted octanol–water partition coefficient (Wildman–Crippen LogP) is 4.56. The highest BCUT2D eigenvalue weighted by atomic mass is 79.9. The van der Waals surface area contributed by atoms with Crippen LogP contribution in [0.3, 0.4) is 0 Å². The fourth-order valence-corrected chi connectivity index (χ4v) is 2.84. The smallest absolute Gasteiger partial charge is 0.336 e. The third kappa shape index (κ3) is 2.56. The largest absolute Gasteiger partial charge is 0.478 e. The molecule has 0 aliphatic heterocycles. The third-order valence-corrected chi connectivity index (χ3v) is 3.86. The maximum absolute atomic E-state index is 11.4. The average molecular weight is 319 g/mol. The molecule has 0 spiro atoms. The fourth-order valence-electron chi connectivity index (χ4n) is 2.38. The second-order valence-corrected chi connectivity index (χ2v) is 5.11. The summed E-state index contributed by atoms with van der Waals surface area (Å²) < 4.78 is 0. The number of carbonyl (C=O) groups is 1. The van der Waals surface area contributed by atoms with Crippen molar-refractivity contribution >= 4 is 21.9 Å². The topological polar surface area (TPSA) is 37.3 Å². The van der Waals surface area contributed by atoms with Crippen molar-refractivity contribution in [3.05, 3.63) is 58.7 Å². The van der Waals surface area contributed by atoms with Gasteiger partial charge in [0.15, 0.2) is 0 Å². The number of carboxylic acids is 1. The first-order chi connectivity index (χ1) is 9.06. The number of hydrogen-bond acceptors (Lipinski definition) is 1. The lowest BCUT2D eigenvalue weighted by atomic mass is 9.89. The van der Waals surface area contributed by atoms with E-state index in [9.17, 15) is 9.90 Å². The molecule has 98 valence electrons. The summed E-state index contributed by atoms with van der Waals surface area (Å²) in [5.74, 6) is -0.887. The molecule has 0 atom stereocenters. The summed E-state index contributed by atoms with van der Waals surface area (Å²) in [4.78, 5) is 11.4. The Labute approximate surface area is 121 Å². The Bertz CT molecular complexity index is 633. The first-order valence-electron chi connectivity index (χ1n) is 6.04. The van der Waals surface area contributed by atoms with Gasteiger partial charge < -0.3 is 5.11 Å². The predicted molar refractivity (Wildman–Crippen MR) is 80.9 cm³/mol. The van der Waals surface area contributed by atoms with Crippen molar-refractivity contribution in [3.63, 3.8) is 0 Å². The number of alkyl halides is 1. The molecule has 3 heteroatoms. The number of rotatable bonds is 3. The maximum Gasteiger partial charge on any atom is 0.336 e. The van der Waals surface area contributed by atoms with E-state index in [1.54, 1.807) is 12.1 Å². The van der Waals surface area contributed by atoms with Gasteiger partial charge in [-0.3, -0.25) is 0 Å². The van der Waals surface area contributed by atoms with Crippen LogP contribution in [0.5, 0.6) is 0 Å². The van der Waals surface area contributed by atoms with Gasteiger partial charge in [-0.25, -0.2) is 4.79 Å². The number of benzene rings is 2. The molecule has 0 saturated carbocycles. The minimum absolute atomic E-state index is 0.358. The molecule has 2 nitrogen and oxygen atoms in total. The first-order valence-corrected chi connectivity index (χ1v) is 7.16. The van der Waals surface area contributed by atoms with Gasteiger partial charge in [-0.2, -0.15) is 0 Å². The third-order valence-electron chi connectivity index (χ3n) is 3.26. The Morgan fingerprint density at radius 3 is 2.21 bits per heavy atom. The highest BCUT2D eigenvalue weighted by Crippen LogP contribution is 2.34. The van der Waals surface area contributed by atoms with Crippen LogP contribution in [-0.2, 0) is 5.33 Å². The number of halogens is 1. The van der Waals surface area contributed by atoms with Crippen molar-refractivity contribution in [2.75, 3.05) is 0 Å². The lowest BCUT2D eigenvalue weighted by Gasteiger charge is -2.16. The Morgan fingerprint density at radius 2 is 1.63 bits per heavy atom. The van der Waals surface area contributed by atoms with Gasteiger partial charge in [0.2, 0.25) is 0 Å². The van der Waals surface area contributed by atoms with Crippen LogP contribution in [0.15, 0.2) is 36.4 Å². The first kappa shape index (κ1) is 13.8. The summed E-state index contributed by atoms with van der Waals surface area (Å²) in [5, 5.41) is 10.1. The van der Waals surface area contributed by atoms with Crippen LogP contribution < -0.4 is 0 Å². The van der Waals surface area contributed by atoms with E-state index in [1.807, 2.05) is 38.1 Å². The zero-order valence-electron chi connectivity index (χ0n) is 10.9. The zero-order valence-corrected chi connectivity index (χ0v) is 12.5. The summed E-state index contributed by atoms with van der Waals surface area (Å²) in [5.41, 5.74) is 5.39. The molecule has 19 heavy (non-hydrogen) atoms. The van der Waals surface area contributed by atoms with Gasteiger partial charge >= 0.3 is 5.97 Å². The zero-order chi connectivity index (χ0) is 14.0. The van der Waals surface area contributed by atoms with Crippen molar-refractivity contribution < 1.29 is 9.90 Å². The number of carboxylic acid groups (broad SMARTS) is 1. The van der Waals surface area contributed by atoms with E-state index in [4.69, 9.17) is 0 Å². The molecule has 2 aromatic rings. The van der Waals surface area contributed by atoms with E-state index in [-0.39, 0.29) is 0 Å². The van der Waals surface area contributed by atoms with Gasteiger partial charge in [0, 0.05) is 5.33 Å². The summed E-state index contributed by atoms with van der Waals surface area (Å²) in [7, 11) is 0. The standard InChI is InChI=1S/C16H15BrO2/c1-10-5-3-7-12(9-17)14(10)15-11(2)6-4-8-13(15)16(18)19/h3-8H,9H2,1-2H3,(H,18,19). The highest BCUT2D eigenvalue weighted by molar-refractivity contribution is 9.08. The molecule has 0 saturated heterocycles. The van der Waals surface area contributed by atoms with E-state index < -0.39 is 5.97 Å². The van der Waals surface area contributed by atoms with Crippen LogP contribution in [0, 0.1) is 13.8 Å². The number of hydrogen-bond donors (Lipinski definition) is 1. The molecule has 0 unspecified atom stereocenters. The van der Waals surface area contributed by atoms with Gasteiger partial charge in [-0.05, 0) is 47.7 Å². The quantitative estimate of drug-likeness (QED) is 0.842. The SMILES string of the molecule is Cc1cccc(CBr)c1-c1c(C)cccc1C(=O)O. The number of aromatic carboxylic acids is 1. The molecule has 2 aromatic carbocycles. The lowest BCUT2D eigenvalue weighted by Crippen LogP contribution is -2.03. The molecule has 0 amide bonds. The van der Waals surface area contributed by atoms with Crippen LogP contribution in [-0.4, -0.2) is 11.1 Å². The van der Waals surface area contributed by atoms with Crippen LogP contribution in [0.2, 0.25) is 0 Å². The fraction of sp³-hybridized carbons (Fsp3) is 0.188. The second kappa shape index (κ2) is 5.57. The van der Waals surface area contributed by atoms with Crippen LogP contribution >= 0.6 is 15.9 Å². The second-order valence-electron chi connectivity index (χ2n) is 4.55. The Morgan fingerprint density at radius 1 is 1.05 bits per heavy atom. The molecular formula is C16H15BrO2. The molecule has 0 radical (unpaired) electrons. The molecule has 0 fully saturated rings. The summed E-state index contributed by atoms with van der Waals surface area (Å²) >= 11 is 3.48. The Hall–Kier alpha value is -1.61. The van der Waals surface area contributed by atoms with Crippen molar-refractivity contribution in [1.82, 2.24) is 0 Å². The van der Waals surface area contributed by atoms with Crippen molar-refractivity contribution in [2.45, 2.75) is 19.2 Å². The van der Waals surface area contributed by atoms with E-state index in [2.05, 4.69) is 15.9 Å². The number of aryl methyl sites for hydroxylation is 2. The van der Waals surface area contributed by atoms with Crippen LogP contribution in [0.4, 0.5) is 0 Å². The van der Waals surface area contributed by atoms with E-state index in [1.165, 1.54) is 0 Å². The molecule has 2 rings (SSSR count). The monoisotopic (exact) mass is 318 g/mol. The van der Waals surface area contributed by atoms with Gasteiger partial charge in [-0.15, -0.1) is 0 Å². The van der Waals surface area contributed by atoms with Crippen molar-refractivity contribution in [1.29, 1.82) is 0 Å². The summed E-state index contributed by atoms with van der Waals surface area (Å²) in [6.07, 6.45) is 0. The summed E-state index contributed by atoms with van der Waals surface area (Å²) in [6, 6.07) is 11.4. The molecule has 0 heterocycles. The van der Waals surface area contributed by atoms with Crippen molar-refractivity contribution in [2.24, 2.45) is 0 Å². The highest BCUT2D eigenvalue weighted by Gasteiger charge is 2.17. The molecule has 0 aromatic heterocycles. The maximum atomic E-state index is 11.4. The molecule has 1 N–H and O–H groups in total. The normalized spacial score (nSPS) is 10.5. The average Bonchev–Trinajstić information content (AvgIpc) is 2.38. The van der Waals surface area contributed by atoms with E-state index >= 15 is 0 Å².